The third-order valence-electron chi connectivity index (χ3n) is 2.89. The van der Waals surface area contributed by atoms with Gasteiger partial charge in [-0.05, 0) is 19.8 Å². The fourth-order valence-electron chi connectivity index (χ4n) is 1.96. The van der Waals surface area contributed by atoms with Crippen molar-refractivity contribution in [2.75, 3.05) is 11.9 Å². The maximum atomic E-state index is 11.9. The fraction of sp³-hybridized carbons (Fsp3) is 0.500. The lowest BCUT2D eigenvalue weighted by Gasteiger charge is -2.20. The normalized spacial score (nSPS) is 19.4. The highest BCUT2D eigenvalue weighted by atomic mass is 16.4. The van der Waals surface area contributed by atoms with E-state index in [9.17, 15) is 9.59 Å². The Balaban J connectivity index is 2.05. The maximum absolute atomic E-state index is 11.9. The number of likely N-dealkylation sites (tertiary alicyclic amines) is 1. The highest BCUT2D eigenvalue weighted by Crippen LogP contribution is 2.19. The number of amides is 2. The van der Waals surface area contributed by atoms with Crippen molar-refractivity contribution in [3.05, 3.63) is 11.9 Å². The molecule has 7 heteroatoms. The second-order valence-corrected chi connectivity index (χ2v) is 4.03. The van der Waals surface area contributed by atoms with Crippen molar-refractivity contribution < 1.29 is 14.7 Å². The molecule has 0 saturated carbocycles. The Morgan fingerprint density at radius 2 is 2.41 bits per heavy atom. The first kappa shape index (κ1) is 11.4. The van der Waals surface area contributed by atoms with Gasteiger partial charge in [-0.3, -0.25) is 14.8 Å². The van der Waals surface area contributed by atoms with Gasteiger partial charge >= 0.3 is 6.09 Å². The highest BCUT2D eigenvalue weighted by molar-refractivity contribution is 5.97. The van der Waals surface area contributed by atoms with Gasteiger partial charge in [-0.2, -0.15) is 5.10 Å². The molecule has 2 rings (SSSR count). The SMILES string of the molecule is Cc1[nH]ncc1NC(=O)[C@@H]1CCCN1C(=O)O. The Morgan fingerprint density at radius 3 is 3.00 bits per heavy atom. The van der Waals surface area contributed by atoms with E-state index in [-0.39, 0.29) is 5.91 Å². The van der Waals surface area contributed by atoms with E-state index in [4.69, 9.17) is 5.11 Å². The Hall–Kier alpha value is -2.05. The van der Waals surface area contributed by atoms with Crippen molar-refractivity contribution in [2.24, 2.45) is 0 Å². The summed E-state index contributed by atoms with van der Waals surface area (Å²) in [6, 6.07) is -0.596. The van der Waals surface area contributed by atoms with Crippen LogP contribution in [0.1, 0.15) is 18.5 Å². The number of carboxylic acid groups (broad SMARTS) is 1. The van der Waals surface area contributed by atoms with Crippen molar-refractivity contribution in [3.8, 4) is 0 Å². The minimum atomic E-state index is -1.05. The van der Waals surface area contributed by atoms with Crippen molar-refractivity contribution in [1.82, 2.24) is 15.1 Å². The molecule has 0 radical (unpaired) electrons. The van der Waals surface area contributed by atoms with Crippen LogP contribution in [-0.4, -0.2) is 44.8 Å². The van der Waals surface area contributed by atoms with E-state index in [1.165, 1.54) is 11.1 Å². The molecule has 2 amide bonds. The number of rotatable bonds is 2. The molecule has 2 heterocycles. The van der Waals surface area contributed by atoms with E-state index in [2.05, 4.69) is 15.5 Å². The van der Waals surface area contributed by atoms with Gasteiger partial charge in [0.05, 0.1) is 17.6 Å². The molecular formula is C10H14N4O3. The summed E-state index contributed by atoms with van der Waals surface area (Å²) < 4.78 is 0. The first-order chi connectivity index (χ1) is 8.09. The molecule has 17 heavy (non-hydrogen) atoms. The average Bonchev–Trinajstić information content (AvgIpc) is 2.87. The smallest absolute Gasteiger partial charge is 0.407 e. The van der Waals surface area contributed by atoms with Crippen LogP contribution < -0.4 is 5.32 Å². The highest BCUT2D eigenvalue weighted by Gasteiger charge is 2.34. The topological polar surface area (TPSA) is 98.3 Å². The lowest BCUT2D eigenvalue weighted by Crippen LogP contribution is -2.42. The minimum absolute atomic E-state index is 0.297. The third kappa shape index (κ3) is 2.22. The molecule has 1 atom stereocenters. The number of hydrogen-bond acceptors (Lipinski definition) is 3. The third-order valence-corrected chi connectivity index (χ3v) is 2.89. The summed E-state index contributed by atoms with van der Waals surface area (Å²) in [7, 11) is 0. The van der Waals surface area contributed by atoms with Gasteiger partial charge in [0.15, 0.2) is 0 Å². The second kappa shape index (κ2) is 4.44. The van der Waals surface area contributed by atoms with E-state index < -0.39 is 12.1 Å². The lowest BCUT2D eigenvalue weighted by molar-refractivity contribution is -0.119. The van der Waals surface area contributed by atoms with Gasteiger partial charge in [-0.1, -0.05) is 0 Å². The van der Waals surface area contributed by atoms with Crippen LogP contribution in [0.15, 0.2) is 6.20 Å². The Labute approximate surface area is 97.8 Å². The quantitative estimate of drug-likeness (QED) is 0.709. The van der Waals surface area contributed by atoms with E-state index in [1.807, 2.05) is 0 Å². The van der Waals surface area contributed by atoms with Crippen LogP contribution >= 0.6 is 0 Å². The lowest BCUT2D eigenvalue weighted by atomic mass is 10.2. The first-order valence-corrected chi connectivity index (χ1v) is 5.40. The van der Waals surface area contributed by atoms with Gasteiger partial charge < -0.3 is 10.4 Å². The molecule has 0 aliphatic carbocycles. The zero-order chi connectivity index (χ0) is 12.4. The number of carbonyl (C=O) groups excluding carboxylic acids is 1. The van der Waals surface area contributed by atoms with Gasteiger partial charge in [-0.15, -0.1) is 0 Å². The second-order valence-electron chi connectivity index (χ2n) is 4.03. The molecule has 1 aromatic rings. The number of aromatic amines is 1. The van der Waals surface area contributed by atoms with Crippen LogP contribution in [0.4, 0.5) is 10.5 Å². The van der Waals surface area contributed by atoms with E-state index >= 15 is 0 Å². The van der Waals surface area contributed by atoms with Gasteiger partial charge in [0, 0.05) is 6.54 Å². The molecule has 1 saturated heterocycles. The summed E-state index contributed by atoms with van der Waals surface area (Å²) in [6.45, 7) is 2.20. The summed E-state index contributed by atoms with van der Waals surface area (Å²) in [5.74, 6) is -0.297. The van der Waals surface area contributed by atoms with E-state index in [1.54, 1.807) is 6.92 Å². The Kier molecular flexibility index (Phi) is 2.99. The van der Waals surface area contributed by atoms with Crippen molar-refractivity contribution in [1.29, 1.82) is 0 Å². The monoisotopic (exact) mass is 238 g/mol. The molecular weight excluding hydrogens is 224 g/mol. The summed E-state index contributed by atoms with van der Waals surface area (Å²) in [5.41, 5.74) is 1.34. The number of nitrogens with zero attached hydrogens (tertiary/aromatic N) is 2. The number of carbonyl (C=O) groups is 2. The van der Waals surface area contributed by atoms with Crippen LogP contribution in [0.5, 0.6) is 0 Å². The number of nitrogens with one attached hydrogen (secondary N) is 2. The Morgan fingerprint density at radius 1 is 1.65 bits per heavy atom. The van der Waals surface area contributed by atoms with Crippen LogP contribution in [0.3, 0.4) is 0 Å². The van der Waals surface area contributed by atoms with Crippen LogP contribution in [0.2, 0.25) is 0 Å². The minimum Gasteiger partial charge on any atom is -0.465 e. The zero-order valence-corrected chi connectivity index (χ0v) is 9.43. The van der Waals surface area contributed by atoms with Crippen molar-refractivity contribution in [3.63, 3.8) is 0 Å². The van der Waals surface area contributed by atoms with Crippen LogP contribution in [-0.2, 0) is 4.79 Å². The van der Waals surface area contributed by atoms with Crippen LogP contribution in [0.25, 0.3) is 0 Å². The molecule has 92 valence electrons. The van der Waals surface area contributed by atoms with Crippen molar-refractivity contribution in [2.45, 2.75) is 25.8 Å². The summed E-state index contributed by atoms with van der Waals surface area (Å²) in [6.07, 6.45) is 1.74. The molecule has 0 bridgehead atoms. The summed E-state index contributed by atoms with van der Waals surface area (Å²) in [5, 5.41) is 18.1. The van der Waals surface area contributed by atoms with E-state index in [0.29, 0.717) is 18.7 Å². The van der Waals surface area contributed by atoms with Gasteiger partial charge in [0.25, 0.3) is 0 Å². The molecule has 1 aliphatic rings. The first-order valence-electron chi connectivity index (χ1n) is 5.40. The molecule has 1 aromatic heterocycles. The number of anilines is 1. The number of H-pyrrole nitrogens is 1. The average molecular weight is 238 g/mol. The maximum Gasteiger partial charge on any atom is 0.407 e. The number of hydrogen-bond donors (Lipinski definition) is 3. The molecule has 1 aliphatic heterocycles. The predicted octanol–water partition coefficient (Wildman–Crippen LogP) is 0.799. The van der Waals surface area contributed by atoms with E-state index in [0.717, 1.165) is 12.1 Å². The zero-order valence-electron chi connectivity index (χ0n) is 9.43. The van der Waals surface area contributed by atoms with Gasteiger partial charge in [-0.25, -0.2) is 4.79 Å². The largest absolute Gasteiger partial charge is 0.465 e. The Bertz CT molecular complexity index is 443. The fourth-order valence-corrected chi connectivity index (χ4v) is 1.96. The molecule has 0 unspecified atom stereocenters. The molecule has 7 nitrogen and oxygen atoms in total. The van der Waals surface area contributed by atoms with Gasteiger partial charge in [0.1, 0.15) is 6.04 Å². The standard InChI is InChI=1S/C10H14N4O3/c1-6-7(5-11-13-6)12-9(15)8-3-2-4-14(8)10(16)17/h5,8H,2-4H2,1H3,(H,11,13)(H,12,15)(H,16,17)/t8-/m0/s1. The number of aryl methyl sites for hydroxylation is 1. The molecule has 0 aromatic carbocycles. The number of aromatic nitrogens is 2. The van der Waals surface area contributed by atoms with Crippen molar-refractivity contribution >= 4 is 17.7 Å². The summed E-state index contributed by atoms with van der Waals surface area (Å²) in [4.78, 5) is 24.0. The molecule has 0 spiro atoms. The molecule has 3 N–H and O–H groups in total. The molecule has 1 fully saturated rings. The predicted molar refractivity (Wildman–Crippen MR) is 59.7 cm³/mol. The van der Waals surface area contributed by atoms with Crippen LogP contribution in [0, 0.1) is 6.92 Å². The summed E-state index contributed by atoms with van der Waals surface area (Å²) >= 11 is 0. The van der Waals surface area contributed by atoms with Gasteiger partial charge in [0.2, 0.25) is 5.91 Å².